The second-order valence-corrected chi connectivity index (χ2v) is 8.60. The Morgan fingerprint density at radius 3 is 2.33 bits per heavy atom. The van der Waals surface area contributed by atoms with Gasteiger partial charge < -0.3 is 0 Å². The largest absolute Gasteiger partial charge is 0.0648 e. The van der Waals surface area contributed by atoms with E-state index >= 15 is 0 Å². The summed E-state index contributed by atoms with van der Waals surface area (Å²) in [6.07, 6.45) is 13.6. The zero-order valence-electron chi connectivity index (χ0n) is 13.0. The summed E-state index contributed by atoms with van der Waals surface area (Å²) in [6.45, 7) is 10.3. The van der Waals surface area contributed by atoms with E-state index < -0.39 is 0 Å². The predicted molar refractivity (Wildman–Crippen MR) is 78.5 cm³/mol. The molecule has 0 aromatic rings. The highest BCUT2D eigenvalue weighted by molar-refractivity contribution is 5.09. The molecule has 3 aliphatic carbocycles. The maximum Gasteiger partial charge on any atom is -0.0259 e. The standard InChI is InChI=1S/C18H32/c1-5-18-12-6-8-15(18)17(4)11-7-10-16(2,3)14(17)9-13-18/h14-15H,5-13H2,1-4H3/t14-,15-,17-,18+/m0/s1. The van der Waals surface area contributed by atoms with Crippen molar-refractivity contribution in [3.05, 3.63) is 0 Å². The number of fused-ring (bicyclic) bond motifs is 3. The molecule has 3 fully saturated rings. The Labute approximate surface area is 114 Å². The zero-order chi connectivity index (χ0) is 13.0. The summed E-state index contributed by atoms with van der Waals surface area (Å²) >= 11 is 0. The predicted octanol–water partition coefficient (Wildman–Crippen LogP) is 5.81. The monoisotopic (exact) mass is 248 g/mol. The van der Waals surface area contributed by atoms with Crippen molar-refractivity contribution in [2.24, 2.45) is 28.1 Å². The van der Waals surface area contributed by atoms with E-state index in [9.17, 15) is 0 Å². The van der Waals surface area contributed by atoms with Crippen LogP contribution in [0.1, 0.15) is 85.5 Å². The molecule has 18 heavy (non-hydrogen) atoms. The van der Waals surface area contributed by atoms with Crippen molar-refractivity contribution >= 4 is 0 Å². The molecule has 3 saturated carbocycles. The molecule has 104 valence electrons. The van der Waals surface area contributed by atoms with Crippen LogP contribution < -0.4 is 0 Å². The van der Waals surface area contributed by atoms with Crippen LogP contribution in [0.2, 0.25) is 0 Å². The van der Waals surface area contributed by atoms with Crippen LogP contribution in [-0.4, -0.2) is 0 Å². The second-order valence-electron chi connectivity index (χ2n) is 8.60. The van der Waals surface area contributed by atoms with Crippen molar-refractivity contribution in [2.75, 3.05) is 0 Å². The lowest BCUT2D eigenvalue weighted by atomic mass is 9.43. The lowest BCUT2D eigenvalue weighted by molar-refractivity contribution is -0.122. The zero-order valence-corrected chi connectivity index (χ0v) is 13.0. The molecule has 4 atom stereocenters. The molecule has 0 aliphatic heterocycles. The van der Waals surface area contributed by atoms with Crippen LogP contribution >= 0.6 is 0 Å². The van der Waals surface area contributed by atoms with Crippen molar-refractivity contribution in [3.8, 4) is 0 Å². The lowest BCUT2D eigenvalue weighted by Gasteiger charge is -2.61. The van der Waals surface area contributed by atoms with Gasteiger partial charge in [-0.3, -0.25) is 0 Å². The van der Waals surface area contributed by atoms with Gasteiger partial charge in [0.25, 0.3) is 0 Å². The molecule has 0 aromatic heterocycles. The average Bonchev–Trinajstić information content (AvgIpc) is 2.73. The molecule has 0 aromatic carbocycles. The highest BCUT2D eigenvalue weighted by atomic mass is 14.6. The van der Waals surface area contributed by atoms with Crippen LogP contribution in [0.25, 0.3) is 0 Å². The fourth-order valence-corrected chi connectivity index (χ4v) is 6.80. The lowest BCUT2D eigenvalue weighted by Crippen LogP contribution is -2.53. The summed E-state index contributed by atoms with van der Waals surface area (Å²) in [7, 11) is 0. The molecule has 0 bridgehead atoms. The number of rotatable bonds is 1. The van der Waals surface area contributed by atoms with Gasteiger partial charge in [0, 0.05) is 0 Å². The third-order valence-electron chi connectivity index (χ3n) is 7.61. The van der Waals surface area contributed by atoms with Crippen molar-refractivity contribution in [1.82, 2.24) is 0 Å². The average molecular weight is 248 g/mol. The van der Waals surface area contributed by atoms with E-state index in [-0.39, 0.29) is 0 Å². The first kappa shape index (κ1) is 13.0. The minimum absolute atomic E-state index is 0.607. The normalized spacial score (nSPS) is 50.7. The summed E-state index contributed by atoms with van der Waals surface area (Å²) in [5.74, 6) is 2.05. The van der Waals surface area contributed by atoms with E-state index in [0.29, 0.717) is 10.8 Å². The summed E-state index contributed by atoms with van der Waals surface area (Å²) < 4.78 is 0. The molecule has 0 saturated heterocycles. The van der Waals surface area contributed by atoms with Gasteiger partial charge in [-0.1, -0.05) is 47.0 Å². The Kier molecular flexibility index (Phi) is 2.89. The topological polar surface area (TPSA) is 0 Å². The molecule has 0 heterocycles. The maximum atomic E-state index is 2.68. The Bertz CT molecular complexity index is 329. The highest BCUT2D eigenvalue weighted by Crippen LogP contribution is 2.69. The fourth-order valence-electron chi connectivity index (χ4n) is 6.80. The molecular formula is C18H32. The van der Waals surface area contributed by atoms with Gasteiger partial charge in [0.2, 0.25) is 0 Å². The van der Waals surface area contributed by atoms with Gasteiger partial charge in [0.15, 0.2) is 0 Å². The van der Waals surface area contributed by atoms with Crippen molar-refractivity contribution in [3.63, 3.8) is 0 Å². The van der Waals surface area contributed by atoms with E-state index in [1.54, 1.807) is 0 Å². The van der Waals surface area contributed by atoms with Crippen molar-refractivity contribution in [2.45, 2.75) is 85.5 Å². The molecular weight excluding hydrogens is 216 g/mol. The van der Waals surface area contributed by atoms with Gasteiger partial charge in [0.1, 0.15) is 0 Å². The highest BCUT2D eigenvalue weighted by Gasteiger charge is 2.60. The SMILES string of the molecule is CC[C@]12CCC[C@H]1[C@@]1(C)CCCC(C)(C)[C@@H]1CC2. The van der Waals surface area contributed by atoms with Crippen LogP contribution in [0.3, 0.4) is 0 Å². The summed E-state index contributed by atoms with van der Waals surface area (Å²) in [6, 6.07) is 0. The summed E-state index contributed by atoms with van der Waals surface area (Å²) in [5, 5.41) is 0. The van der Waals surface area contributed by atoms with E-state index in [0.717, 1.165) is 17.3 Å². The maximum absolute atomic E-state index is 2.68. The third kappa shape index (κ3) is 1.56. The van der Waals surface area contributed by atoms with Gasteiger partial charge in [-0.2, -0.15) is 0 Å². The van der Waals surface area contributed by atoms with E-state index in [4.69, 9.17) is 0 Å². The molecule has 0 amide bonds. The van der Waals surface area contributed by atoms with Gasteiger partial charge in [-0.05, 0) is 66.6 Å². The van der Waals surface area contributed by atoms with Crippen molar-refractivity contribution in [1.29, 1.82) is 0 Å². The fraction of sp³-hybridized carbons (Fsp3) is 1.00. The van der Waals surface area contributed by atoms with E-state index in [1.165, 1.54) is 57.8 Å². The first-order valence-electron chi connectivity index (χ1n) is 8.45. The van der Waals surface area contributed by atoms with Gasteiger partial charge in [0.05, 0.1) is 0 Å². The number of hydrogen-bond donors (Lipinski definition) is 0. The molecule has 3 rings (SSSR count). The van der Waals surface area contributed by atoms with Crippen LogP contribution in [0.15, 0.2) is 0 Å². The van der Waals surface area contributed by atoms with Crippen molar-refractivity contribution < 1.29 is 0 Å². The van der Waals surface area contributed by atoms with Crippen LogP contribution in [-0.2, 0) is 0 Å². The Morgan fingerprint density at radius 2 is 1.61 bits per heavy atom. The molecule has 0 N–H and O–H groups in total. The Hall–Kier alpha value is 0. The summed E-state index contributed by atoms with van der Waals surface area (Å²) in [5.41, 5.74) is 2.03. The molecule has 0 unspecified atom stereocenters. The Morgan fingerprint density at radius 1 is 0.833 bits per heavy atom. The van der Waals surface area contributed by atoms with E-state index in [2.05, 4.69) is 27.7 Å². The quantitative estimate of drug-likeness (QED) is 0.549. The first-order chi connectivity index (χ1) is 8.45. The van der Waals surface area contributed by atoms with Gasteiger partial charge in [-0.25, -0.2) is 0 Å². The molecule has 3 aliphatic rings. The van der Waals surface area contributed by atoms with Gasteiger partial charge in [-0.15, -0.1) is 0 Å². The molecule has 0 nitrogen and oxygen atoms in total. The number of hydrogen-bond acceptors (Lipinski definition) is 0. The van der Waals surface area contributed by atoms with Gasteiger partial charge >= 0.3 is 0 Å². The second kappa shape index (κ2) is 4.00. The third-order valence-corrected chi connectivity index (χ3v) is 7.61. The molecule has 0 radical (unpaired) electrons. The minimum Gasteiger partial charge on any atom is -0.0648 e. The first-order valence-corrected chi connectivity index (χ1v) is 8.45. The molecule has 0 heteroatoms. The Balaban J connectivity index is 1.98. The van der Waals surface area contributed by atoms with Crippen LogP contribution in [0.5, 0.6) is 0 Å². The molecule has 0 spiro atoms. The smallest absolute Gasteiger partial charge is 0.0259 e. The van der Waals surface area contributed by atoms with Crippen LogP contribution in [0, 0.1) is 28.1 Å². The summed E-state index contributed by atoms with van der Waals surface area (Å²) in [4.78, 5) is 0. The minimum atomic E-state index is 0.607. The van der Waals surface area contributed by atoms with E-state index in [1.807, 2.05) is 0 Å². The van der Waals surface area contributed by atoms with Crippen LogP contribution in [0.4, 0.5) is 0 Å².